The molecule has 7 nitrogen and oxygen atoms in total. The molecule has 2 aliphatic rings. The van der Waals surface area contributed by atoms with Crippen molar-refractivity contribution in [1.29, 1.82) is 0 Å². The lowest BCUT2D eigenvalue weighted by atomic mass is 9.95. The van der Waals surface area contributed by atoms with Crippen LogP contribution in [0.25, 0.3) is 5.69 Å². The molecule has 0 aliphatic carbocycles. The van der Waals surface area contributed by atoms with Crippen LogP contribution in [0.5, 0.6) is 0 Å². The lowest BCUT2D eigenvalue weighted by Gasteiger charge is -2.32. The van der Waals surface area contributed by atoms with Gasteiger partial charge in [0.1, 0.15) is 6.10 Å². The maximum atomic E-state index is 12.7. The predicted octanol–water partition coefficient (Wildman–Crippen LogP) is 2.85. The van der Waals surface area contributed by atoms with Crippen molar-refractivity contribution in [3.63, 3.8) is 0 Å². The van der Waals surface area contributed by atoms with Crippen LogP contribution in [0.3, 0.4) is 0 Å². The van der Waals surface area contributed by atoms with Gasteiger partial charge in [-0.3, -0.25) is 9.59 Å². The summed E-state index contributed by atoms with van der Waals surface area (Å²) in [7, 11) is 0. The Bertz CT molecular complexity index is 876. The van der Waals surface area contributed by atoms with Crippen molar-refractivity contribution < 1.29 is 14.3 Å². The second kappa shape index (κ2) is 8.37. The minimum Gasteiger partial charge on any atom is -0.368 e. The van der Waals surface area contributed by atoms with Gasteiger partial charge in [-0.25, -0.2) is 4.68 Å². The van der Waals surface area contributed by atoms with Crippen molar-refractivity contribution >= 4 is 17.5 Å². The standard InChI is InChI=1S/C22H28N4O3/c1-15-14-16(2)26(24-15)19-7-5-18(6-8-19)23-21(27)17-9-11-25(12-10-17)22(28)20-4-3-13-29-20/h5-8,14,17,20H,3-4,9-13H2,1-2H3,(H,23,27)/t20-/m1/s1. The van der Waals surface area contributed by atoms with Crippen LogP contribution in [-0.4, -0.2) is 52.3 Å². The fraction of sp³-hybridized carbons (Fsp3) is 0.500. The van der Waals surface area contributed by atoms with Gasteiger partial charge in [-0.2, -0.15) is 5.10 Å². The molecule has 7 heteroatoms. The number of aromatic nitrogens is 2. The molecule has 0 unspecified atom stereocenters. The van der Waals surface area contributed by atoms with Gasteiger partial charge in [0.25, 0.3) is 5.91 Å². The summed E-state index contributed by atoms with van der Waals surface area (Å²) in [6.45, 7) is 5.90. The van der Waals surface area contributed by atoms with Gasteiger partial charge < -0.3 is 15.0 Å². The Labute approximate surface area is 171 Å². The molecule has 2 aliphatic heterocycles. The third kappa shape index (κ3) is 4.34. The lowest BCUT2D eigenvalue weighted by molar-refractivity contribution is -0.143. The van der Waals surface area contributed by atoms with Crippen molar-refractivity contribution in [1.82, 2.24) is 14.7 Å². The molecule has 2 saturated heterocycles. The summed E-state index contributed by atoms with van der Waals surface area (Å²) in [5, 5.41) is 7.50. The molecule has 3 heterocycles. The number of ether oxygens (including phenoxy) is 1. The number of nitrogens with one attached hydrogen (secondary N) is 1. The van der Waals surface area contributed by atoms with Gasteiger partial charge in [0, 0.05) is 37.0 Å². The summed E-state index contributed by atoms with van der Waals surface area (Å²) >= 11 is 0. The number of carbonyl (C=O) groups is 2. The molecular formula is C22H28N4O3. The molecule has 29 heavy (non-hydrogen) atoms. The average molecular weight is 396 g/mol. The Kier molecular flexibility index (Phi) is 5.67. The van der Waals surface area contributed by atoms with E-state index < -0.39 is 0 Å². The Morgan fingerprint density at radius 1 is 1.10 bits per heavy atom. The molecule has 0 spiro atoms. The number of nitrogens with zero attached hydrogens (tertiary/aromatic N) is 3. The fourth-order valence-corrected chi connectivity index (χ4v) is 4.16. The molecule has 154 valence electrons. The van der Waals surface area contributed by atoms with Gasteiger partial charge in [-0.05, 0) is 69.9 Å². The van der Waals surface area contributed by atoms with E-state index in [0.29, 0.717) is 32.5 Å². The fourth-order valence-electron chi connectivity index (χ4n) is 4.16. The van der Waals surface area contributed by atoms with Gasteiger partial charge in [0.2, 0.25) is 5.91 Å². The van der Waals surface area contributed by atoms with Gasteiger partial charge in [0.05, 0.1) is 11.4 Å². The highest BCUT2D eigenvalue weighted by Gasteiger charge is 2.32. The first-order valence-electron chi connectivity index (χ1n) is 10.4. The van der Waals surface area contributed by atoms with E-state index in [4.69, 9.17) is 4.74 Å². The van der Waals surface area contributed by atoms with E-state index in [9.17, 15) is 9.59 Å². The molecule has 2 fully saturated rings. The van der Waals surface area contributed by atoms with Crippen LogP contribution in [0.15, 0.2) is 30.3 Å². The lowest BCUT2D eigenvalue weighted by Crippen LogP contribution is -2.45. The quantitative estimate of drug-likeness (QED) is 0.862. The smallest absolute Gasteiger partial charge is 0.251 e. The minimum absolute atomic E-state index is 0.0214. The van der Waals surface area contributed by atoms with E-state index in [1.807, 2.05) is 53.8 Å². The van der Waals surface area contributed by atoms with Crippen molar-refractivity contribution in [2.75, 3.05) is 25.0 Å². The van der Waals surface area contributed by atoms with E-state index in [-0.39, 0.29) is 23.8 Å². The zero-order valence-electron chi connectivity index (χ0n) is 17.1. The summed E-state index contributed by atoms with van der Waals surface area (Å²) in [6.07, 6.45) is 2.86. The molecular weight excluding hydrogens is 368 g/mol. The maximum Gasteiger partial charge on any atom is 0.251 e. The zero-order chi connectivity index (χ0) is 20.4. The number of anilines is 1. The molecule has 1 aromatic heterocycles. The average Bonchev–Trinajstić information content (AvgIpc) is 3.38. The van der Waals surface area contributed by atoms with Crippen LogP contribution >= 0.6 is 0 Å². The first kappa shape index (κ1) is 19.6. The van der Waals surface area contributed by atoms with Crippen molar-refractivity contribution in [3.8, 4) is 5.69 Å². The number of rotatable bonds is 4. The Hall–Kier alpha value is -2.67. The third-order valence-corrected chi connectivity index (χ3v) is 5.77. The van der Waals surface area contributed by atoms with Crippen LogP contribution in [0.1, 0.15) is 37.1 Å². The molecule has 2 aromatic rings. The number of hydrogen-bond donors (Lipinski definition) is 1. The number of benzene rings is 1. The summed E-state index contributed by atoms with van der Waals surface area (Å²) in [4.78, 5) is 26.9. The maximum absolute atomic E-state index is 12.7. The summed E-state index contributed by atoms with van der Waals surface area (Å²) in [5.41, 5.74) is 3.79. The highest BCUT2D eigenvalue weighted by molar-refractivity contribution is 5.93. The number of piperidine rings is 1. The SMILES string of the molecule is Cc1cc(C)n(-c2ccc(NC(=O)C3CCN(C(=O)[C@H]4CCCO4)CC3)cc2)n1. The summed E-state index contributed by atoms with van der Waals surface area (Å²) in [6, 6.07) is 9.75. The Balaban J connectivity index is 1.30. The van der Waals surface area contributed by atoms with Crippen LogP contribution in [0.2, 0.25) is 0 Å². The van der Waals surface area contributed by atoms with E-state index in [1.165, 1.54) is 0 Å². The largest absolute Gasteiger partial charge is 0.368 e. The number of aryl methyl sites for hydroxylation is 2. The molecule has 2 amide bonds. The van der Waals surface area contributed by atoms with Crippen molar-refractivity contribution in [2.24, 2.45) is 5.92 Å². The van der Waals surface area contributed by atoms with Crippen LogP contribution in [0, 0.1) is 19.8 Å². The monoisotopic (exact) mass is 396 g/mol. The molecule has 0 radical (unpaired) electrons. The van der Waals surface area contributed by atoms with E-state index in [1.54, 1.807) is 0 Å². The van der Waals surface area contributed by atoms with Gasteiger partial charge in [-0.15, -0.1) is 0 Å². The van der Waals surface area contributed by atoms with E-state index >= 15 is 0 Å². The number of likely N-dealkylation sites (tertiary alicyclic amines) is 1. The van der Waals surface area contributed by atoms with E-state index in [2.05, 4.69) is 10.4 Å². The third-order valence-electron chi connectivity index (χ3n) is 5.77. The normalized spacial score (nSPS) is 20.1. The van der Waals surface area contributed by atoms with Gasteiger partial charge in [0.15, 0.2) is 0 Å². The second-order valence-corrected chi connectivity index (χ2v) is 7.98. The molecule has 1 N–H and O–H groups in total. The van der Waals surface area contributed by atoms with E-state index in [0.717, 1.165) is 35.6 Å². The molecule has 0 saturated carbocycles. The van der Waals surface area contributed by atoms with Gasteiger partial charge in [-0.1, -0.05) is 0 Å². The van der Waals surface area contributed by atoms with Crippen molar-refractivity contribution in [3.05, 3.63) is 41.7 Å². The molecule has 1 atom stereocenters. The van der Waals surface area contributed by atoms with Crippen LogP contribution in [-0.2, 0) is 14.3 Å². The molecule has 0 bridgehead atoms. The topological polar surface area (TPSA) is 76.5 Å². The summed E-state index contributed by atoms with van der Waals surface area (Å²) < 4.78 is 7.39. The number of carbonyl (C=O) groups excluding carboxylic acids is 2. The van der Waals surface area contributed by atoms with Crippen molar-refractivity contribution in [2.45, 2.75) is 45.6 Å². The Morgan fingerprint density at radius 2 is 1.83 bits per heavy atom. The number of amides is 2. The first-order valence-corrected chi connectivity index (χ1v) is 10.4. The Morgan fingerprint density at radius 3 is 2.41 bits per heavy atom. The molecule has 1 aromatic carbocycles. The summed E-state index contributed by atoms with van der Waals surface area (Å²) in [5.74, 6) is 0.0356. The predicted molar refractivity (Wildman–Crippen MR) is 110 cm³/mol. The van der Waals surface area contributed by atoms with Gasteiger partial charge >= 0.3 is 0 Å². The van der Waals surface area contributed by atoms with Crippen LogP contribution < -0.4 is 5.32 Å². The minimum atomic E-state index is -0.277. The highest BCUT2D eigenvalue weighted by Crippen LogP contribution is 2.23. The zero-order valence-corrected chi connectivity index (χ0v) is 17.1. The second-order valence-electron chi connectivity index (χ2n) is 7.98. The first-order chi connectivity index (χ1) is 14.0. The van der Waals surface area contributed by atoms with Crippen LogP contribution in [0.4, 0.5) is 5.69 Å². The molecule has 4 rings (SSSR count). The number of hydrogen-bond acceptors (Lipinski definition) is 4. The highest BCUT2D eigenvalue weighted by atomic mass is 16.5.